The largest absolute Gasteiger partial charge is 0.416 e. The van der Waals surface area contributed by atoms with Gasteiger partial charge in [0.25, 0.3) is 0 Å². The van der Waals surface area contributed by atoms with Crippen LogP contribution in [0.3, 0.4) is 0 Å². The molecule has 1 aromatic carbocycles. The van der Waals surface area contributed by atoms with Gasteiger partial charge in [-0.2, -0.15) is 13.2 Å². The Kier molecular flexibility index (Phi) is 2.71. The van der Waals surface area contributed by atoms with Gasteiger partial charge in [0, 0.05) is 0 Å². The zero-order valence-corrected chi connectivity index (χ0v) is 9.33. The molecule has 2 rings (SSSR count). The number of halogens is 4. The summed E-state index contributed by atoms with van der Waals surface area (Å²) >= 11 is 3.07. The Hall–Kier alpha value is -1.37. The number of benzene rings is 1. The second-order valence-corrected chi connectivity index (χ2v) is 3.85. The average Bonchev–Trinajstić information content (AvgIpc) is 2.64. The first-order valence-corrected chi connectivity index (χ1v) is 5.01. The van der Waals surface area contributed by atoms with Crippen molar-refractivity contribution in [3.8, 4) is 5.69 Å². The normalized spacial score (nSPS) is 11.8. The molecular weight excluding hydrogens is 287 g/mol. The fourth-order valence-electron chi connectivity index (χ4n) is 1.19. The topological polar surface area (TPSA) is 30.7 Å². The first-order valence-electron chi connectivity index (χ1n) is 4.22. The van der Waals surface area contributed by atoms with E-state index in [1.165, 1.54) is 23.0 Å². The molecule has 0 amide bonds. The van der Waals surface area contributed by atoms with Gasteiger partial charge >= 0.3 is 6.18 Å². The van der Waals surface area contributed by atoms with Gasteiger partial charge in [0.15, 0.2) is 0 Å². The SMILES string of the molecule is FC(F)(F)c1cccc(-n2cc(Br)nn2)c1. The third kappa shape index (κ3) is 2.24. The Morgan fingerprint density at radius 3 is 2.56 bits per heavy atom. The van der Waals surface area contributed by atoms with Crippen molar-refractivity contribution < 1.29 is 13.2 Å². The molecule has 0 radical (unpaired) electrons. The second-order valence-electron chi connectivity index (χ2n) is 3.03. The van der Waals surface area contributed by atoms with E-state index in [9.17, 15) is 13.2 Å². The monoisotopic (exact) mass is 291 g/mol. The molecule has 0 spiro atoms. The summed E-state index contributed by atoms with van der Waals surface area (Å²) in [6, 6.07) is 4.88. The van der Waals surface area contributed by atoms with E-state index in [4.69, 9.17) is 0 Å². The molecule has 7 heteroatoms. The molecule has 1 heterocycles. The quantitative estimate of drug-likeness (QED) is 0.808. The highest BCUT2D eigenvalue weighted by molar-refractivity contribution is 9.10. The van der Waals surface area contributed by atoms with E-state index in [1.807, 2.05) is 0 Å². The van der Waals surface area contributed by atoms with Crippen molar-refractivity contribution in [3.63, 3.8) is 0 Å². The van der Waals surface area contributed by atoms with E-state index in [1.54, 1.807) is 0 Å². The van der Waals surface area contributed by atoms with Crippen LogP contribution in [0.5, 0.6) is 0 Å². The van der Waals surface area contributed by atoms with Crippen LogP contribution in [0.25, 0.3) is 5.69 Å². The summed E-state index contributed by atoms with van der Waals surface area (Å²) in [6.45, 7) is 0. The summed E-state index contributed by atoms with van der Waals surface area (Å²) in [5.74, 6) is 0. The highest BCUT2D eigenvalue weighted by Crippen LogP contribution is 2.30. The number of hydrogen-bond donors (Lipinski definition) is 0. The Morgan fingerprint density at radius 2 is 2.00 bits per heavy atom. The number of rotatable bonds is 1. The number of hydrogen-bond acceptors (Lipinski definition) is 2. The third-order valence-electron chi connectivity index (χ3n) is 1.90. The highest BCUT2D eigenvalue weighted by Gasteiger charge is 2.30. The van der Waals surface area contributed by atoms with Crippen LogP contribution < -0.4 is 0 Å². The van der Waals surface area contributed by atoms with Gasteiger partial charge in [-0.25, -0.2) is 4.68 Å². The van der Waals surface area contributed by atoms with Crippen LogP contribution in [0.1, 0.15) is 5.56 Å². The van der Waals surface area contributed by atoms with Gasteiger partial charge in [0.05, 0.1) is 17.4 Å². The zero-order chi connectivity index (χ0) is 11.8. The summed E-state index contributed by atoms with van der Waals surface area (Å²) < 4.78 is 39.0. The number of aromatic nitrogens is 3. The average molecular weight is 292 g/mol. The van der Waals surface area contributed by atoms with Crippen molar-refractivity contribution >= 4 is 15.9 Å². The minimum atomic E-state index is -4.35. The maximum atomic E-state index is 12.4. The van der Waals surface area contributed by atoms with Gasteiger partial charge in [-0.1, -0.05) is 11.3 Å². The lowest BCUT2D eigenvalue weighted by Crippen LogP contribution is -2.06. The lowest BCUT2D eigenvalue weighted by Gasteiger charge is -2.07. The summed E-state index contributed by atoms with van der Waals surface area (Å²) in [4.78, 5) is 0. The van der Waals surface area contributed by atoms with Gasteiger partial charge in [-0.3, -0.25) is 0 Å². The second kappa shape index (κ2) is 3.89. The number of alkyl halides is 3. The minimum Gasteiger partial charge on any atom is -0.220 e. The molecule has 1 aromatic heterocycles. The fourth-order valence-corrected chi connectivity index (χ4v) is 1.46. The molecule has 0 atom stereocenters. The summed E-state index contributed by atoms with van der Waals surface area (Å²) in [6.07, 6.45) is -2.87. The Morgan fingerprint density at radius 1 is 1.25 bits per heavy atom. The third-order valence-corrected chi connectivity index (χ3v) is 2.27. The first kappa shape index (κ1) is 11.1. The summed E-state index contributed by atoms with van der Waals surface area (Å²) in [7, 11) is 0. The van der Waals surface area contributed by atoms with E-state index >= 15 is 0 Å². The predicted octanol–water partition coefficient (Wildman–Crippen LogP) is 3.05. The van der Waals surface area contributed by atoms with Crippen LogP contribution in [-0.4, -0.2) is 15.0 Å². The molecule has 3 nitrogen and oxygen atoms in total. The van der Waals surface area contributed by atoms with E-state index in [0.29, 0.717) is 10.3 Å². The standard InChI is InChI=1S/C9H5BrF3N3/c10-8-5-16(15-14-8)7-3-1-2-6(4-7)9(11,12)13/h1-5H. The van der Waals surface area contributed by atoms with Crippen LogP contribution in [-0.2, 0) is 6.18 Å². The van der Waals surface area contributed by atoms with Gasteiger partial charge in [-0.15, -0.1) is 5.10 Å². The van der Waals surface area contributed by atoms with Crippen molar-refractivity contribution in [1.82, 2.24) is 15.0 Å². The Bertz CT molecular complexity index is 507. The zero-order valence-electron chi connectivity index (χ0n) is 7.74. The van der Waals surface area contributed by atoms with E-state index < -0.39 is 11.7 Å². The van der Waals surface area contributed by atoms with E-state index in [2.05, 4.69) is 26.2 Å². The minimum absolute atomic E-state index is 0.313. The van der Waals surface area contributed by atoms with Gasteiger partial charge in [-0.05, 0) is 34.1 Å². The predicted molar refractivity (Wildman–Crippen MR) is 54.1 cm³/mol. The van der Waals surface area contributed by atoms with Crippen molar-refractivity contribution in [1.29, 1.82) is 0 Å². The Balaban J connectivity index is 2.44. The molecule has 0 aliphatic carbocycles. The highest BCUT2D eigenvalue weighted by atomic mass is 79.9. The van der Waals surface area contributed by atoms with Crippen LogP contribution in [0, 0.1) is 0 Å². The van der Waals surface area contributed by atoms with Crippen LogP contribution in [0.4, 0.5) is 13.2 Å². The smallest absolute Gasteiger partial charge is 0.220 e. The van der Waals surface area contributed by atoms with Crippen molar-refractivity contribution in [3.05, 3.63) is 40.6 Å². The molecule has 0 aliphatic rings. The summed E-state index contributed by atoms with van der Waals surface area (Å²) in [5.41, 5.74) is -0.398. The molecule has 2 aromatic rings. The van der Waals surface area contributed by atoms with Crippen LogP contribution in [0.2, 0.25) is 0 Å². The van der Waals surface area contributed by atoms with Crippen molar-refractivity contribution in [2.24, 2.45) is 0 Å². The summed E-state index contributed by atoms with van der Waals surface area (Å²) in [5, 5.41) is 7.29. The molecule has 0 bridgehead atoms. The Labute approximate surface area is 97.0 Å². The number of nitrogens with zero attached hydrogens (tertiary/aromatic N) is 3. The molecule has 0 saturated heterocycles. The van der Waals surface area contributed by atoms with Crippen molar-refractivity contribution in [2.45, 2.75) is 6.18 Å². The molecule has 84 valence electrons. The maximum Gasteiger partial charge on any atom is 0.416 e. The van der Waals surface area contributed by atoms with Gasteiger partial charge in [0.2, 0.25) is 0 Å². The van der Waals surface area contributed by atoms with Crippen molar-refractivity contribution in [2.75, 3.05) is 0 Å². The van der Waals surface area contributed by atoms with Gasteiger partial charge in [0.1, 0.15) is 4.60 Å². The molecule has 0 saturated carbocycles. The molecule has 0 N–H and O–H groups in total. The maximum absolute atomic E-state index is 12.4. The van der Waals surface area contributed by atoms with E-state index in [-0.39, 0.29) is 0 Å². The molecule has 0 aliphatic heterocycles. The molecule has 0 fully saturated rings. The first-order chi connectivity index (χ1) is 7.47. The lowest BCUT2D eigenvalue weighted by atomic mass is 10.2. The van der Waals surface area contributed by atoms with E-state index in [0.717, 1.165) is 12.1 Å². The van der Waals surface area contributed by atoms with Gasteiger partial charge < -0.3 is 0 Å². The molecule has 16 heavy (non-hydrogen) atoms. The van der Waals surface area contributed by atoms with Crippen LogP contribution >= 0.6 is 15.9 Å². The fraction of sp³-hybridized carbons (Fsp3) is 0.111. The molecular formula is C9H5BrF3N3. The van der Waals surface area contributed by atoms with Crippen LogP contribution in [0.15, 0.2) is 35.1 Å². The molecule has 0 unspecified atom stereocenters. The lowest BCUT2D eigenvalue weighted by molar-refractivity contribution is -0.137.